The van der Waals surface area contributed by atoms with E-state index >= 15 is 0 Å². The van der Waals surface area contributed by atoms with E-state index in [1.165, 1.54) is 6.08 Å². The Labute approximate surface area is 131 Å². The Balaban J connectivity index is 3.20. The first-order valence-electron chi connectivity index (χ1n) is 7.58. The van der Waals surface area contributed by atoms with Gasteiger partial charge in [0.15, 0.2) is 11.5 Å². The molecule has 1 aromatic carbocycles. The Morgan fingerprint density at radius 3 is 2.14 bits per heavy atom. The van der Waals surface area contributed by atoms with Gasteiger partial charge < -0.3 is 18.9 Å². The van der Waals surface area contributed by atoms with Crippen LogP contribution in [0, 0.1) is 0 Å². The van der Waals surface area contributed by atoms with Crippen LogP contribution in [-0.2, 0) is 9.53 Å². The van der Waals surface area contributed by atoms with Crippen LogP contribution in [0.1, 0.15) is 33.3 Å². The molecule has 0 atom stereocenters. The average molecular weight is 308 g/mol. The van der Waals surface area contributed by atoms with Gasteiger partial charge >= 0.3 is 5.97 Å². The zero-order valence-corrected chi connectivity index (χ0v) is 13.7. The van der Waals surface area contributed by atoms with Gasteiger partial charge in [0.2, 0.25) is 5.75 Å². The molecule has 0 saturated heterocycles. The summed E-state index contributed by atoms with van der Waals surface area (Å²) in [6.45, 7) is 9.31. The predicted octanol–water partition coefficient (Wildman–Crippen LogP) is 3.46. The Bertz CT molecular complexity index is 508. The molecule has 0 aliphatic heterocycles. The average Bonchev–Trinajstić information content (AvgIpc) is 2.50. The Kier molecular flexibility index (Phi) is 7.89. The van der Waals surface area contributed by atoms with Gasteiger partial charge in [0.25, 0.3) is 0 Å². The van der Waals surface area contributed by atoms with Crippen molar-refractivity contribution in [1.29, 1.82) is 0 Å². The number of carbonyl (C=O) groups excluding carboxylic acids is 1. The van der Waals surface area contributed by atoms with Crippen LogP contribution in [0.5, 0.6) is 17.2 Å². The normalized spacial score (nSPS) is 10.5. The van der Waals surface area contributed by atoms with Crippen molar-refractivity contribution in [2.24, 2.45) is 0 Å². The van der Waals surface area contributed by atoms with Gasteiger partial charge in [-0.25, -0.2) is 4.79 Å². The zero-order valence-electron chi connectivity index (χ0n) is 13.7. The highest BCUT2D eigenvalue weighted by atomic mass is 16.5. The molecule has 1 aromatic rings. The zero-order chi connectivity index (χ0) is 16.4. The molecule has 0 unspecified atom stereocenters. The van der Waals surface area contributed by atoms with Gasteiger partial charge in [-0.05, 0) is 45.9 Å². The van der Waals surface area contributed by atoms with Gasteiger partial charge in [-0.3, -0.25) is 0 Å². The molecule has 5 nitrogen and oxygen atoms in total. The first kappa shape index (κ1) is 17.9. The van der Waals surface area contributed by atoms with Gasteiger partial charge in [-0.15, -0.1) is 0 Å². The summed E-state index contributed by atoms with van der Waals surface area (Å²) in [5.74, 6) is 1.35. The maximum Gasteiger partial charge on any atom is 0.330 e. The van der Waals surface area contributed by atoms with Crippen LogP contribution in [-0.4, -0.2) is 32.4 Å². The van der Waals surface area contributed by atoms with E-state index in [-0.39, 0.29) is 0 Å². The lowest BCUT2D eigenvalue weighted by Gasteiger charge is -2.17. The first-order valence-corrected chi connectivity index (χ1v) is 7.58. The van der Waals surface area contributed by atoms with Crippen LogP contribution in [0.3, 0.4) is 0 Å². The number of hydrogen-bond acceptors (Lipinski definition) is 5. The molecule has 1 rings (SSSR count). The SMILES string of the molecule is CCOC(=O)C=Cc1ccc(OCC)c(OCC)c1OCC. The fraction of sp³-hybridized carbons (Fsp3) is 0.471. The van der Waals surface area contributed by atoms with Gasteiger partial charge in [-0.2, -0.15) is 0 Å². The van der Waals surface area contributed by atoms with E-state index in [4.69, 9.17) is 18.9 Å². The molecule has 0 heterocycles. The van der Waals surface area contributed by atoms with Crippen LogP contribution >= 0.6 is 0 Å². The van der Waals surface area contributed by atoms with Crippen molar-refractivity contribution in [3.8, 4) is 17.2 Å². The van der Waals surface area contributed by atoms with Gasteiger partial charge in [-0.1, -0.05) is 0 Å². The van der Waals surface area contributed by atoms with Gasteiger partial charge in [0, 0.05) is 11.6 Å². The summed E-state index contributed by atoms with van der Waals surface area (Å²) in [4.78, 5) is 11.5. The van der Waals surface area contributed by atoms with Crippen LogP contribution in [0.25, 0.3) is 6.08 Å². The fourth-order valence-electron chi connectivity index (χ4n) is 1.88. The third kappa shape index (κ3) is 4.98. The van der Waals surface area contributed by atoms with E-state index < -0.39 is 5.97 Å². The molecular weight excluding hydrogens is 284 g/mol. The number of esters is 1. The minimum Gasteiger partial charge on any atom is -0.490 e. The minimum absolute atomic E-state index is 0.342. The minimum atomic E-state index is -0.392. The molecule has 0 fully saturated rings. The van der Waals surface area contributed by atoms with Crippen molar-refractivity contribution < 1.29 is 23.7 Å². The molecule has 0 aliphatic rings. The highest BCUT2D eigenvalue weighted by molar-refractivity contribution is 5.88. The van der Waals surface area contributed by atoms with E-state index in [2.05, 4.69) is 0 Å². The lowest BCUT2D eigenvalue weighted by Crippen LogP contribution is -2.04. The molecule has 0 aromatic heterocycles. The molecule has 0 N–H and O–H groups in total. The summed E-state index contributed by atoms with van der Waals surface area (Å²) < 4.78 is 21.8. The number of rotatable bonds is 9. The molecule has 22 heavy (non-hydrogen) atoms. The summed E-state index contributed by atoms with van der Waals surface area (Å²) in [5.41, 5.74) is 0.738. The highest BCUT2D eigenvalue weighted by Crippen LogP contribution is 2.41. The summed E-state index contributed by atoms with van der Waals surface area (Å²) >= 11 is 0. The predicted molar refractivity (Wildman–Crippen MR) is 85.6 cm³/mol. The van der Waals surface area contributed by atoms with Crippen molar-refractivity contribution in [2.75, 3.05) is 26.4 Å². The lowest BCUT2D eigenvalue weighted by molar-refractivity contribution is -0.137. The molecule has 122 valence electrons. The lowest BCUT2D eigenvalue weighted by atomic mass is 10.1. The summed E-state index contributed by atoms with van der Waals surface area (Å²) in [7, 11) is 0. The van der Waals surface area contributed by atoms with Crippen molar-refractivity contribution in [2.45, 2.75) is 27.7 Å². The molecule has 0 amide bonds. The van der Waals surface area contributed by atoms with E-state index in [1.807, 2.05) is 32.9 Å². The van der Waals surface area contributed by atoms with Gasteiger partial charge in [0.05, 0.1) is 26.4 Å². The second-order valence-electron chi connectivity index (χ2n) is 4.20. The van der Waals surface area contributed by atoms with Gasteiger partial charge in [0.1, 0.15) is 0 Å². The molecule has 0 aliphatic carbocycles. The topological polar surface area (TPSA) is 54.0 Å². The second-order valence-corrected chi connectivity index (χ2v) is 4.20. The third-order valence-electron chi connectivity index (χ3n) is 2.67. The quantitative estimate of drug-likeness (QED) is 0.516. The van der Waals surface area contributed by atoms with Crippen molar-refractivity contribution in [1.82, 2.24) is 0 Å². The number of hydrogen-bond donors (Lipinski definition) is 0. The van der Waals surface area contributed by atoms with Crippen LogP contribution in [0.15, 0.2) is 18.2 Å². The fourth-order valence-corrected chi connectivity index (χ4v) is 1.88. The number of carbonyl (C=O) groups is 1. The standard InChI is InChI=1S/C17H24O5/c1-5-19-14-11-9-13(10-12-15(18)20-6-2)16(21-7-3)17(14)22-8-4/h9-12H,5-8H2,1-4H3. The molecule has 0 bridgehead atoms. The van der Waals surface area contributed by atoms with Crippen molar-refractivity contribution in [3.05, 3.63) is 23.8 Å². The van der Waals surface area contributed by atoms with E-state index in [9.17, 15) is 4.79 Å². The summed E-state index contributed by atoms with van der Waals surface area (Å²) in [6.07, 6.45) is 3.03. The molecule has 0 spiro atoms. The largest absolute Gasteiger partial charge is 0.490 e. The molecule has 0 radical (unpaired) electrons. The Hall–Kier alpha value is -2.17. The monoisotopic (exact) mass is 308 g/mol. The number of benzene rings is 1. The van der Waals surface area contributed by atoms with Crippen molar-refractivity contribution in [3.63, 3.8) is 0 Å². The Morgan fingerprint density at radius 2 is 1.55 bits per heavy atom. The van der Waals surface area contributed by atoms with E-state index in [1.54, 1.807) is 13.0 Å². The van der Waals surface area contributed by atoms with E-state index in [0.29, 0.717) is 43.7 Å². The maximum atomic E-state index is 11.5. The molecular formula is C17H24O5. The number of ether oxygens (including phenoxy) is 4. The maximum absolute atomic E-state index is 11.5. The van der Waals surface area contributed by atoms with E-state index in [0.717, 1.165) is 5.56 Å². The summed E-state index contributed by atoms with van der Waals surface area (Å²) in [5, 5.41) is 0. The van der Waals surface area contributed by atoms with Crippen molar-refractivity contribution >= 4 is 12.0 Å². The van der Waals surface area contributed by atoms with Crippen LogP contribution < -0.4 is 14.2 Å². The molecule has 5 heteroatoms. The first-order chi connectivity index (χ1) is 10.7. The highest BCUT2D eigenvalue weighted by Gasteiger charge is 2.16. The smallest absolute Gasteiger partial charge is 0.330 e. The molecule has 0 saturated carbocycles. The van der Waals surface area contributed by atoms with Crippen LogP contribution in [0.4, 0.5) is 0 Å². The second kappa shape index (κ2) is 9.71. The third-order valence-corrected chi connectivity index (χ3v) is 2.67. The summed E-state index contributed by atoms with van der Waals surface area (Å²) in [6, 6.07) is 3.63. The Morgan fingerprint density at radius 1 is 0.909 bits per heavy atom. The van der Waals surface area contributed by atoms with Crippen LogP contribution in [0.2, 0.25) is 0 Å².